The summed E-state index contributed by atoms with van der Waals surface area (Å²) in [6, 6.07) is 5.21. The second-order valence-corrected chi connectivity index (χ2v) is 4.79. The van der Waals surface area contributed by atoms with E-state index in [1.54, 1.807) is 12.1 Å². The molecule has 2 rings (SSSR count). The van der Waals surface area contributed by atoms with Crippen LogP contribution < -0.4 is 5.73 Å². The molecule has 2 atom stereocenters. The summed E-state index contributed by atoms with van der Waals surface area (Å²) in [6.07, 6.45) is 1.09. The van der Waals surface area contributed by atoms with Gasteiger partial charge in [-0.15, -0.1) is 0 Å². The lowest BCUT2D eigenvalue weighted by Crippen LogP contribution is -2.25. The average Bonchev–Trinajstić information content (AvgIpc) is 2.64. The number of rotatable bonds is 2. The van der Waals surface area contributed by atoms with Crippen LogP contribution in [0.1, 0.15) is 18.0 Å². The molecule has 0 aromatic heterocycles. The Morgan fingerprint density at radius 1 is 1.56 bits per heavy atom. The van der Waals surface area contributed by atoms with E-state index in [0.717, 1.165) is 18.5 Å². The molecule has 1 aliphatic rings. The summed E-state index contributed by atoms with van der Waals surface area (Å²) in [7, 11) is 2.07. The fraction of sp³-hybridized carbons (Fsp3) is 0.500. The van der Waals surface area contributed by atoms with Crippen LogP contribution >= 0.6 is 11.6 Å². The number of benzene rings is 1. The van der Waals surface area contributed by atoms with Crippen molar-refractivity contribution in [2.24, 2.45) is 11.7 Å². The van der Waals surface area contributed by atoms with E-state index >= 15 is 0 Å². The van der Waals surface area contributed by atoms with Crippen LogP contribution in [-0.4, -0.2) is 25.0 Å². The molecule has 1 fully saturated rings. The van der Waals surface area contributed by atoms with E-state index in [-0.39, 0.29) is 16.9 Å². The summed E-state index contributed by atoms with van der Waals surface area (Å²) in [5.74, 6) is 0.0712. The van der Waals surface area contributed by atoms with Gasteiger partial charge in [0.15, 0.2) is 0 Å². The third-order valence-corrected chi connectivity index (χ3v) is 3.65. The van der Waals surface area contributed by atoms with Crippen molar-refractivity contribution < 1.29 is 4.39 Å². The molecule has 2 unspecified atom stereocenters. The number of halogens is 2. The summed E-state index contributed by atoms with van der Waals surface area (Å²) < 4.78 is 13.1. The van der Waals surface area contributed by atoms with Crippen LogP contribution in [0.4, 0.5) is 4.39 Å². The summed E-state index contributed by atoms with van der Waals surface area (Å²) in [6.45, 7) is 1.69. The Hall–Kier alpha value is -0.640. The van der Waals surface area contributed by atoms with Crippen molar-refractivity contribution in [2.75, 3.05) is 20.1 Å². The first-order valence-electron chi connectivity index (χ1n) is 5.48. The van der Waals surface area contributed by atoms with Gasteiger partial charge in [0.25, 0.3) is 0 Å². The highest BCUT2D eigenvalue weighted by Crippen LogP contribution is 2.36. The Kier molecular flexibility index (Phi) is 3.47. The van der Waals surface area contributed by atoms with Gasteiger partial charge in [-0.25, -0.2) is 4.39 Å². The predicted octanol–water partition coefficient (Wildman–Crippen LogP) is 2.43. The van der Waals surface area contributed by atoms with Gasteiger partial charge in [0.1, 0.15) is 5.82 Å². The minimum absolute atomic E-state index is 0.188. The first kappa shape index (κ1) is 11.8. The van der Waals surface area contributed by atoms with E-state index < -0.39 is 0 Å². The lowest BCUT2D eigenvalue weighted by molar-refractivity contribution is 0.279. The minimum atomic E-state index is -0.365. The Morgan fingerprint density at radius 3 is 2.94 bits per heavy atom. The van der Waals surface area contributed by atoms with E-state index in [9.17, 15) is 4.39 Å². The van der Waals surface area contributed by atoms with E-state index in [1.807, 2.05) is 0 Å². The number of nitrogens with zero attached hydrogens (tertiary/aromatic N) is 1. The molecular weight excluding hydrogens is 227 g/mol. The third kappa shape index (κ3) is 2.08. The minimum Gasteiger partial charge on any atom is -0.330 e. The zero-order valence-electron chi connectivity index (χ0n) is 9.29. The maximum atomic E-state index is 13.1. The molecule has 0 saturated carbocycles. The standard InChI is InChI=1S/C12H16ClFN2/c1-16-5-4-9(7-15)12(16)8-2-3-11(14)10(13)6-8/h2-3,6,9,12H,4-5,7,15H2,1H3. The van der Waals surface area contributed by atoms with Crippen molar-refractivity contribution in [3.63, 3.8) is 0 Å². The monoisotopic (exact) mass is 242 g/mol. The lowest BCUT2D eigenvalue weighted by Gasteiger charge is -2.24. The maximum Gasteiger partial charge on any atom is 0.141 e. The van der Waals surface area contributed by atoms with Crippen LogP contribution in [-0.2, 0) is 0 Å². The predicted molar refractivity (Wildman–Crippen MR) is 63.9 cm³/mol. The van der Waals surface area contributed by atoms with E-state index in [1.165, 1.54) is 6.07 Å². The van der Waals surface area contributed by atoms with Gasteiger partial charge in [0.05, 0.1) is 5.02 Å². The number of hydrogen-bond donors (Lipinski definition) is 1. The van der Waals surface area contributed by atoms with Crippen LogP contribution in [0.25, 0.3) is 0 Å². The van der Waals surface area contributed by atoms with E-state index in [2.05, 4.69) is 11.9 Å². The normalized spacial score (nSPS) is 26.2. The second kappa shape index (κ2) is 4.70. The molecule has 88 valence electrons. The summed E-state index contributed by atoms with van der Waals surface area (Å²) >= 11 is 5.81. The van der Waals surface area contributed by atoms with Crippen molar-refractivity contribution in [1.29, 1.82) is 0 Å². The van der Waals surface area contributed by atoms with Crippen LogP contribution in [0, 0.1) is 11.7 Å². The van der Waals surface area contributed by atoms with Gasteiger partial charge in [-0.05, 0) is 50.2 Å². The Labute approximate surface area is 100 Å². The molecule has 2 N–H and O–H groups in total. The van der Waals surface area contributed by atoms with Crippen molar-refractivity contribution in [1.82, 2.24) is 4.90 Å². The lowest BCUT2D eigenvalue weighted by atomic mass is 9.94. The summed E-state index contributed by atoms with van der Waals surface area (Å²) in [5.41, 5.74) is 6.82. The highest BCUT2D eigenvalue weighted by molar-refractivity contribution is 6.30. The molecule has 2 nitrogen and oxygen atoms in total. The molecule has 16 heavy (non-hydrogen) atoms. The third-order valence-electron chi connectivity index (χ3n) is 3.36. The van der Waals surface area contributed by atoms with Gasteiger partial charge in [-0.2, -0.15) is 0 Å². The molecular formula is C12H16ClFN2. The van der Waals surface area contributed by atoms with Crippen LogP contribution in [0.2, 0.25) is 5.02 Å². The highest BCUT2D eigenvalue weighted by Gasteiger charge is 2.32. The Balaban J connectivity index is 2.31. The van der Waals surface area contributed by atoms with Gasteiger partial charge in [0, 0.05) is 6.04 Å². The van der Waals surface area contributed by atoms with Crippen molar-refractivity contribution >= 4 is 11.6 Å². The molecule has 0 aliphatic carbocycles. The van der Waals surface area contributed by atoms with Gasteiger partial charge in [-0.1, -0.05) is 17.7 Å². The van der Waals surface area contributed by atoms with Gasteiger partial charge >= 0.3 is 0 Å². The summed E-state index contributed by atoms with van der Waals surface area (Å²) in [4.78, 5) is 2.25. The molecule has 0 amide bonds. The highest BCUT2D eigenvalue weighted by atomic mass is 35.5. The number of nitrogens with two attached hydrogens (primary N) is 1. The first-order chi connectivity index (χ1) is 7.63. The van der Waals surface area contributed by atoms with Crippen LogP contribution in [0.5, 0.6) is 0 Å². The zero-order chi connectivity index (χ0) is 11.7. The molecule has 1 aliphatic heterocycles. The van der Waals surface area contributed by atoms with Crippen molar-refractivity contribution in [3.05, 3.63) is 34.6 Å². The quantitative estimate of drug-likeness (QED) is 0.863. The van der Waals surface area contributed by atoms with Crippen molar-refractivity contribution in [2.45, 2.75) is 12.5 Å². The maximum absolute atomic E-state index is 13.1. The van der Waals surface area contributed by atoms with Gasteiger partial charge < -0.3 is 5.73 Å². The molecule has 1 saturated heterocycles. The number of hydrogen-bond acceptors (Lipinski definition) is 2. The average molecular weight is 243 g/mol. The van der Waals surface area contributed by atoms with Crippen molar-refractivity contribution in [3.8, 4) is 0 Å². The first-order valence-corrected chi connectivity index (χ1v) is 5.86. The molecule has 0 bridgehead atoms. The zero-order valence-corrected chi connectivity index (χ0v) is 10.0. The van der Waals surface area contributed by atoms with E-state index in [4.69, 9.17) is 17.3 Å². The fourth-order valence-corrected chi connectivity index (χ4v) is 2.69. The van der Waals surface area contributed by atoms with Crippen LogP contribution in [0.15, 0.2) is 18.2 Å². The molecule has 0 spiro atoms. The van der Waals surface area contributed by atoms with Gasteiger partial charge in [0.2, 0.25) is 0 Å². The van der Waals surface area contributed by atoms with Crippen LogP contribution in [0.3, 0.4) is 0 Å². The molecule has 1 aromatic rings. The fourth-order valence-electron chi connectivity index (χ4n) is 2.50. The molecule has 1 heterocycles. The largest absolute Gasteiger partial charge is 0.330 e. The number of likely N-dealkylation sites (tertiary alicyclic amines) is 1. The second-order valence-electron chi connectivity index (χ2n) is 4.38. The Bertz CT molecular complexity index is 383. The molecule has 0 radical (unpaired) electrons. The van der Waals surface area contributed by atoms with E-state index in [0.29, 0.717) is 12.5 Å². The molecule has 4 heteroatoms. The topological polar surface area (TPSA) is 29.3 Å². The smallest absolute Gasteiger partial charge is 0.141 e. The SMILES string of the molecule is CN1CCC(CN)C1c1ccc(F)c(Cl)c1. The van der Waals surface area contributed by atoms with Gasteiger partial charge in [-0.3, -0.25) is 4.90 Å². The Morgan fingerprint density at radius 2 is 2.31 bits per heavy atom. The summed E-state index contributed by atoms with van der Waals surface area (Å²) in [5, 5.41) is 0.188. The molecule has 1 aromatic carbocycles.